The third-order valence-electron chi connectivity index (χ3n) is 3.68. The van der Waals surface area contributed by atoms with Crippen molar-refractivity contribution in [3.05, 3.63) is 10.2 Å². The van der Waals surface area contributed by atoms with Crippen LogP contribution in [0.1, 0.15) is 30.1 Å². The second kappa shape index (κ2) is 6.79. The molecule has 1 aromatic heterocycles. The van der Waals surface area contributed by atoms with Gasteiger partial charge >= 0.3 is 5.97 Å². The maximum atomic E-state index is 12.2. The topological polar surface area (TPSA) is 50.6 Å². The highest BCUT2D eigenvalue weighted by atomic mass is 79.9. The van der Waals surface area contributed by atoms with Crippen LogP contribution in [0, 0.1) is 0 Å². The van der Waals surface area contributed by atoms with E-state index in [9.17, 15) is 4.79 Å². The van der Waals surface area contributed by atoms with E-state index in [1.54, 1.807) is 4.68 Å². The molecule has 118 valence electrons. The molecule has 1 aromatic rings. The molecular formula is C14H23BrN4O2. The number of ether oxygens (including phenoxy) is 1. The molecule has 1 saturated heterocycles. The van der Waals surface area contributed by atoms with E-state index in [4.69, 9.17) is 4.74 Å². The maximum absolute atomic E-state index is 12.2. The van der Waals surface area contributed by atoms with Gasteiger partial charge in [-0.3, -0.25) is 4.68 Å². The summed E-state index contributed by atoms with van der Waals surface area (Å²) in [6, 6.07) is 0.399. The van der Waals surface area contributed by atoms with E-state index in [-0.39, 0.29) is 5.97 Å². The van der Waals surface area contributed by atoms with Gasteiger partial charge in [-0.15, -0.1) is 0 Å². The zero-order valence-electron chi connectivity index (χ0n) is 13.1. The highest BCUT2D eigenvalue weighted by Gasteiger charge is 2.33. The molecule has 1 fully saturated rings. The molecule has 21 heavy (non-hydrogen) atoms. The van der Waals surface area contributed by atoms with Crippen LogP contribution in [0.2, 0.25) is 0 Å². The van der Waals surface area contributed by atoms with Gasteiger partial charge < -0.3 is 14.5 Å². The lowest BCUT2D eigenvalue weighted by molar-refractivity contribution is 0.0526. The minimum Gasteiger partial charge on any atom is -0.462 e. The Hall–Kier alpha value is -1.08. The van der Waals surface area contributed by atoms with Crippen molar-refractivity contribution in [3.8, 4) is 0 Å². The summed E-state index contributed by atoms with van der Waals surface area (Å²) in [5, 5.41) is 4.35. The van der Waals surface area contributed by atoms with Crippen LogP contribution in [0.15, 0.2) is 4.60 Å². The minimum atomic E-state index is -0.317. The van der Waals surface area contributed by atoms with Crippen molar-refractivity contribution >= 4 is 27.7 Å². The van der Waals surface area contributed by atoms with Gasteiger partial charge in [0, 0.05) is 26.2 Å². The maximum Gasteiger partial charge on any atom is 0.344 e. The van der Waals surface area contributed by atoms with E-state index in [1.807, 2.05) is 14.0 Å². The monoisotopic (exact) mass is 358 g/mol. The van der Waals surface area contributed by atoms with E-state index >= 15 is 0 Å². The molecule has 1 unspecified atom stereocenters. The zero-order valence-corrected chi connectivity index (χ0v) is 14.7. The number of halogens is 1. The zero-order chi connectivity index (χ0) is 15.6. The van der Waals surface area contributed by atoms with Gasteiger partial charge in [-0.2, -0.15) is 5.10 Å². The van der Waals surface area contributed by atoms with Gasteiger partial charge in [-0.1, -0.05) is 0 Å². The first-order valence-corrected chi connectivity index (χ1v) is 8.06. The van der Waals surface area contributed by atoms with Crippen LogP contribution in [0.25, 0.3) is 0 Å². The van der Waals surface area contributed by atoms with Crippen LogP contribution in [0.4, 0.5) is 5.82 Å². The number of hydrogen-bond acceptors (Lipinski definition) is 5. The molecule has 1 aliphatic heterocycles. The van der Waals surface area contributed by atoms with Crippen molar-refractivity contribution in [1.82, 2.24) is 14.7 Å². The van der Waals surface area contributed by atoms with E-state index in [2.05, 4.69) is 44.9 Å². The molecule has 0 spiro atoms. The van der Waals surface area contributed by atoms with Gasteiger partial charge in [0.2, 0.25) is 0 Å². The Morgan fingerprint density at radius 1 is 1.52 bits per heavy atom. The molecule has 0 bridgehead atoms. The quantitative estimate of drug-likeness (QED) is 0.752. The fourth-order valence-electron chi connectivity index (χ4n) is 2.92. The number of nitrogens with zero attached hydrogens (tertiary/aromatic N) is 4. The van der Waals surface area contributed by atoms with E-state index in [0.29, 0.717) is 22.8 Å². The lowest BCUT2D eigenvalue weighted by Gasteiger charge is -2.29. The largest absolute Gasteiger partial charge is 0.462 e. The van der Waals surface area contributed by atoms with Gasteiger partial charge in [-0.25, -0.2) is 4.79 Å². The fraction of sp³-hybridized carbons (Fsp3) is 0.714. The molecule has 6 nitrogen and oxygen atoms in total. The van der Waals surface area contributed by atoms with E-state index < -0.39 is 0 Å². The Bertz CT molecular complexity index is 515. The number of carbonyl (C=O) groups excluding carboxylic acids is 1. The number of aromatic nitrogens is 2. The van der Waals surface area contributed by atoms with Gasteiger partial charge in [-0.05, 0) is 49.8 Å². The normalized spacial score (nSPS) is 18.6. The molecule has 0 amide bonds. The number of hydrogen-bond donors (Lipinski definition) is 0. The predicted octanol–water partition coefficient (Wildman–Crippen LogP) is 1.89. The van der Waals surface area contributed by atoms with Crippen molar-refractivity contribution in [2.75, 3.05) is 38.7 Å². The summed E-state index contributed by atoms with van der Waals surface area (Å²) >= 11 is 3.39. The summed E-state index contributed by atoms with van der Waals surface area (Å²) in [4.78, 5) is 16.7. The predicted molar refractivity (Wildman–Crippen MR) is 85.8 cm³/mol. The Morgan fingerprint density at radius 3 is 2.86 bits per heavy atom. The molecule has 1 atom stereocenters. The average molecular weight is 359 g/mol. The number of aryl methyl sites for hydroxylation is 1. The second-order valence-electron chi connectivity index (χ2n) is 5.59. The van der Waals surface area contributed by atoms with Gasteiger partial charge in [0.25, 0.3) is 0 Å². The summed E-state index contributed by atoms with van der Waals surface area (Å²) in [7, 11) is 6.01. The van der Waals surface area contributed by atoms with Crippen molar-refractivity contribution in [2.45, 2.75) is 25.8 Å². The summed E-state index contributed by atoms with van der Waals surface area (Å²) < 4.78 is 7.50. The molecule has 0 aromatic carbocycles. The highest BCUT2D eigenvalue weighted by molar-refractivity contribution is 9.10. The molecule has 2 heterocycles. The first kappa shape index (κ1) is 16.3. The van der Waals surface area contributed by atoms with Gasteiger partial charge in [0.05, 0.1) is 6.61 Å². The van der Waals surface area contributed by atoms with Crippen LogP contribution in [0.3, 0.4) is 0 Å². The molecule has 0 N–H and O–H groups in total. The first-order valence-electron chi connectivity index (χ1n) is 7.26. The third kappa shape index (κ3) is 3.40. The minimum absolute atomic E-state index is 0.317. The van der Waals surface area contributed by atoms with Crippen LogP contribution >= 0.6 is 15.9 Å². The molecule has 0 saturated carbocycles. The number of esters is 1. The van der Waals surface area contributed by atoms with Crippen LogP contribution in [-0.4, -0.2) is 60.5 Å². The molecule has 0 aliphatic carbocycles. The van der Waals surface area contributed by atoms with Gasteiger partial charge in [0.15, 0.2) is 0 Å². The lowest BCUT2D eigenvalue weighted by atomic mass is 10.2. The Labute approximate surface area is 134 Å². The SMILES string of the molecule is CCOC(=O)c1c(Br)nn(C)c1N1CCCC1CN(C)C. The van der Waals surface area contributed by atoms with Crippen molar-refractivity contribution in [3.63, 3.8) is 0 Å². The van der Waals surface area contributed by atoms with Gasteiger partial charge in [0.1, 0.15) is 16.0 Å². The Kier molecular flexibility index (Phi) is 5.27. The average Bonchev–Trinajstić information content (AvgIpc) is 2.92. The molecular weight excluding hydrogens is 336 g/mol. The summed E-state index contributed by atoms with van der Waals surface area (Å²) in [6.07, 6.45) is 2.26. The summed E-state index contributed by atoms with van der Waals surface area (Å²) in [6.45, 7) is 4.08. The van der Waals surface area contributed by atoms with Crippen LogP contribution < -0.4 is 4.90 Å². The third-order valence-corrected chi connectivity index (χ3v) is 4.23. The smallest absolute Gasteiger partial charge is 0.344 e. The molecule has 1 aliphatic rings. The van der Waals surface area contributed by atoms with E-state index in [1.165, 1.54) is 0 Å². The van der Waals surface area contributed by atoms with Crippen molar-refractivity contribution in [1.29, 1.82) is 0 Å². The lowest BCUT2D eigenvalue weighted by Crippen LogP contribution is -2.39. The number of carbonyl (C=O) groups is 1. The first-order chi connectivity index (χ1) is 9.95. The Morgan fingerprint density at radius 2 is 2.24 bits per heavy atom. The molecule has 7 heteroatoms. The van der Waals surface area contributed by atoms with Crippen LogP contribution in [0.5, 0.6) is 0 Å². The van der Waals surface area contributed by atoms with Crippen molar-refractivity contribution < 1.29 is 9.53 Å². The second-order valence-corrected chi connectivity index (χ2v) is 6.34. The van der Waals surface area contributed by atoms with Crippen LogP contribution in [-0.2, 0) is 11.8 Å². The van der Waals surface area contributed by atoms with Crippen molar-refractivity contribution in [2.24, 2.45) is 7.05 Å². The highest BCUT2D eigenvalue weighted by Crippen LogP contribution is 2.33. The summed E-state index contributed by atoms with van der Waals surface area (Å²) in [5.41, 5.74) is 0.532. The molecule has 2 rings (SSSR count). The number of anilines is 1. The Balaban J connectivity index is 2.36. The number of rotatable bonds is 5. The van der Waals surface area contributed by atoms with E-state index in [0.717, 1.165) is 31.7 Å². The fourth-order valence-corrected chi connectivity index (χ4v) is 3.49. The number of likely N-dealkylation sites (N-methyl/N-ethyl adjacent to an activating group) is 1. The molecule has 0 radical (unpaired) electrons. The summed E-state index contributed by atoms with van der Waals surface area (Å²) in [5.74, 6) is 0.535. The standard InChI is InChI=1S/C14H23BrN4O2/c1-5-21-14(20)11-12(15)16-18(4)13(11)19-8-6-7-10(19)9-17(2)3/h10H,5-9H2,1-4H3.